The van der Waals surface area contributed by atoms with Gasteiger partial charge in [0.1, 0.15) is 11.8 Å². The van der Waals surface area contributed by atoms with Crippen LogP contribution in [0.4, 0.5) is 13.2 Å². The highest BCUT2D eigenvalue weighted by molar-refractivity contribution is 9.10. The molecule has 0 saturated carbocycles. The molecule has 0 radical (unpaired) electrons. The molecule has 2 aromatic carbocycles. The lowest BCUT2D eigenvalue weighted by atomic mass is 9.86. The minimum absolute atomic E-state index is 0.0701. The van der Waals surface area contributed by atoms with E-state index in [1.807, 2.05) is 20.8 Å². The van der Waals surface area contributed by atoms with Crippen LogP contribution in [0.15, 0.2) is 53.0 Å². The van der Waals surface area contributed by atoms with Crippen LogP contribution >= 0.6 is 27.5 Å². The maximum Gasteiger partial charge on any atom is 0.433 e. The Bertz CT molecular complexity index is 1180. The van der Waals surface area contributed by atoms with Gasteiger partial charge in [-0.05, 0) is 51.2 Å². The molecule has 31 heavy (non-hydrogen) atoms. The summed E-state index contributed by atoms with van der Waals surface area (Å²) in [5.41, 5.74) is -0.587. The number of hydrogen-bond acceptors (Lipinski definition) is 2. The fraction of sp³-hybridized carbons (Fsp3) is 0.217. The predicted molar refractivity (Wildman–Crippen MR) is 117 cm³/mol. The fourth-order valence-corrected chi connectivity index (χ4v) is 4.03. The van der Waals surface area contributed by atoms with Crippen molar-refractivity contribution in [3.05, 3.63) is 80.4 Å². The number of hydrogen-bond donors (Lipinski definition) is 0. The van der Waals surface area contributed by atoms with Gasteiger partial charge in [0, 0.05) is 16.1 Å². The van der Waals surface area contributed by atoms with E-state index < -0.39 is 22.3 Å². The number of aromatic nitrogens is 1. The SMILES string of the molecule is CC(C)(C)c1ccc(C(=O)n2c(-c3ccc(Cl)cc3)c(C#N)c(Br)c2C(F)(F)F)cc1. The van der Waals surface area contributed by atoms with Crippen molar-refractivity contribution < 1.29 is 18.0 Å². The summed E-state index contributed by atoms with van der Waals surface area (Å²) in [7, 11) is 0. The number of benzene rings is 2. The number of rotatable bonds is 2. The molecule has 0 bridgehead atoms. The van der Waals surface area contributed by atoms with Crippen molar-refractivity contribution in [1.29, 1.82) is 5.26 Å². The average Bonchev–Trinajstić information content (AvgIpc) is 2.99. The predicted octanol–water partition coefficient (Wildman–Crippen LogP) is 7.45. The van der Waals surface area contributed by atoms with Gasteiger partial charge in [0.25, 0.3) is 5.91 Å². The fourth-order valence-electron chi connectivity index (χ4n) is 3.22. The Morgan fingerprint density at radius 3 is 2.03 bits per heavy atom. The first-order valence-electron chi connectivity index (χ1n) is 9.19. The molecule has 0 spiro atoms. The Hall–Kier alpha value is -2.56. The van der Waals surface area contributed by atoms with E-state index in [9.17, 15) is 23.2 Å². The summed E-state index contributed by atoms with van der Waals surface area (Å²) >= 11 is 8.80. The molecule has 0 fully saturated rings. The third-order valence-corrected chi connectivity index (χ3v) is 5.83. The van der Waals surface area contributed by atoms with Gasteiger partial charge in [-0.25, -0.2) is 0 Å². The standard InChI is InChI=1S/C23H17BrClF3N2O/c1-22(2,3)15-8-4-14(5-9-15)21(31)30-19(13-6-10-16(25)11-7-13)17(12-29)18(24)20(30)23(26,27)28/h4-11H,1-3H3. The first kappa shape index (κ1) is 23.1. The highest BCUT2D eigenvalue weighted by Crippen LogP contribution is 2.43. The zero-order valence-corrected chi connectivity index (χ0v) is 19.2. The van der Waals surface area contributed by atoms with Crippen molar-refractivity contribution >= 4 is 33.4 Å². The highest BCUT2D eigenvalue weighted by atomic mass is 79.9. The molecule has 1 aromatic heterocycles. The van der Waals surface area contributed by atoms with Gasteiger partial charge in [-0.2, -0.15) is 18.4 Å². The molecular formula is C23H17BrClF3N2O. The summed E-state index contributed by atoms with van der Waals surface area (Å²) < 4.78 is 42.0. The molecule has 0 amide bonds. The lowest BCUT2D eigenvalue weighted by molar-refractivity contribution is -0.143. The van der Waals surface area contributed by atoms with E-state index in [1.165, 1.54) is 36.4 Å². The molecule has 0 atom stereocenters. The van der Waals surface area contributed by atoms with E-state index in [4.69, 9.17) is 11.6 Å². The van der Waals surface area contributed by atoms with Crippen molar-refractivity contribution in [1.82, 2.24) is 4.57 Å². The van der Waals surface area contributed by atoms with Gasteiger partial charge < -0.3 is 0 Å². The number of alkyl halides is 3. The first-order valence-corrected chi connectivity index (χ1v) is 10.4. The lowest BCUT2D eigenvalue weighted by Crippen LogP contribution is -2.22. The Balaban J connectivity index is 2.30. The molecule has 0 aliphatic heterocycles. The first-order chi connectivity index (χ1) is 14.4. The molecule has 8 heteroatoms. The van der Waals surface area contributed by atoms with Crippen LogP contribution in [0.2, 0.25) is 5.02 Å². The third kappa shape index (κ3) is 4.41. The number of nitrogens with zero attached hydrogens (tertiary/aromatic N) is 2. The second-order valence-electron chi connectivity index (χ2n) is 7.97. The zero-order chi connectivity index (χ0) is 23.1. The second kappa shape index (κ2) is 8.18. The van der Waals surface area contributed by atoms with Crippen LogP contribution in [0.25, 0.3) is 11.3 Å². The third-order valence-electron chi connectivity index (χ3n) is 4.81. The number of carbonyl (C=O) groups is 1. The van der Waals surface area contributed by atoms with Crippen LogP contribution in [0.5, 0.6) is 0 Å². The highest BCUT2D eigenvalue weighted by Gasteiger charge is 2.42. The summed E-state index contributed by atoms with van der Waals surface area (Å²) in [6, 6.07) is 14.1. The van der Waals surface area contributed by atoms with Gasteiger partial charge in [-0.15, -0.1) is 0 Å². The zero-order valence-electron chi connectivity index (χ0n) is 16.8. The van der Waals surface area contributed by atoms with Crippen LogP contribution in [-0.2, 0) is 11.6 Å². The van der Waals surface area contributed by atoms with Crippen LogP contribution in [0, 0.1) is 11.3 Å². The van der Waals surface area contributed by atoms with E-state index >= 15 is 0 Å². The summed E-state index contributed by atoms with van der Waals surface area (Å²) in [4.78, 5) is 13.3. The molecule has 0 aliphatic rings. The topological polar surface area (TPSA) is 45.8 Å². The molecule has 3 nitrogen and oxygen atoms in total. The van der Waals surface area contributed by atoms with Crippen LogP contribution < -0.4 is 0 Å². The molecule has 3 aromatic rings. The molecule has 160 valence electrons. The smallest absolute Gasteiger partial charge is 0.269 e. The van der Waals surface area contributed by atoms with Gasteiger partial charge in [0.15, 0.2) is 0 Å². The second-order valence-corrected chi connectivity index (χ2v) is 9.20. The van der Waals surface area contributed by atoms with E-state index in [2.05, 4.69) is 15.9 Å². The summed E-state index contributed by atoms with van der Waals surface area (Å²) in [5, 5.41) is 9.97. The van der Waals surface area contributed by atoms with Crippen LogP contribution in [-0.4, -0.2) is 10.5 Å². The monoisotopic (exact) mass is 508 g/mol. The van der Waals surface area contributed by atoms with E-state index in [-0.39, 0.29) is 27.8 Å². The molecule has 0 N–H and O–H groups in total. The molecular weight excluding hydrogens is 493 g/mol. The minimum atomic E-state index is -4.88. The van der Waals surface area contributed by atoms with Gasteiger partial charge >= 0.3 is 6.18 Å². The lowest BCUT2D eigenvalue weighted by Gasteiger charge is -2.19. The van der Waals surface area contributed by atoms with Crippen LogP contribution in [0.1, 0.15) is 48.0 Å². The van der Waals surface area contributed by atoms with Crippen LogP contribution in [0.3, 0.4) is 0 Å². The quantitative estimate of drug-likeness (QED) is 0.360. The van der Waals surface area contributed by atoms with Gasteiger partial charge in [-0.3, -0.25) is 9.36 Å². The maximum absolute atomic E-state index is 14.0. The molecule has 3 rings (SSSR count). The largest absolute Gasteiger partial charge is 0.433 e. The Morgan fingerprint density at radius 2 is 1.58 bits per heavy atom. The molecule has 0 aliphatic carbocycles. The normalized spacial score (nSPS) is 12.0. The molecule has 1 heterocycles. The molecule has 0 saturated heterocycles. The summed E-state index contributed by atoms with van der Waals surface area (Å²) in [6.07, 6.45) is -4.88. The Kier molecular flexibility index (Phi) is 6.09. The number of halogens is 5. The van der Waals surface area contributed by atoms with Gasteiger partial charge in [0.05, 0.1) is 15.7 Å². The summed E-state index contributed by atoms with van der Waals surface area (Å²) in [5.74, 6) is -0.889. The van der Waals surface area contributed by atoms with Crippen molar-refractivity contribution in [3.63, 3.8) is 0 Å². The van der Waals surface area contributed by atoms with Crippen molar-refractivity contribution in [2.24, 2.45) is 0 Å². The van der Waals surface area contributed by atoms with Crippen molar-refractivity contribution in [2.45, 2.75) is 32.4 Å². The maximum atomic E-state index is 14.0. The Morgan fingerprint density at radius 1 is 1.03 bits per heavy atom. The minimum Gasteiger partial charge on any atom is -0.269 e. The van der Waals surface area contributed by atoms with Crippen molar-refractivity contribution in [2.75, 3.05) is 0 Å². The summed E-state index contributed by atoms with van der Waals surface area (Å²) in [6.45, 7) is 5.98. The van der Waals surface area contributed by atoms with Gasteiger partial charge in [0.2, 0.25) is 0 Å². The molecule has 0 unspecified atom stereocenters. The van der Waals surface area contributed by atoms with E-state index in [1.54, 1.807) is 18.2 Å². The Labute approximate surface area is 191 Å². The average molecular weight is 510 g/mol. The number of carbonyl (C=O) groups excluding carboxylic acids is 1. The van der Waals surface area contributed by atoms with Crippen molar-refractivity contribution in [3.8, 4) is 17.3 Å². The number of nitriles is 1. The van der Waals surface area contributed by atoms with E-state index in [0.717, 1.165) is 5.56 Å². The van der Waals surface area contributed by atoms with E-state index in [0.29, 0.717) is 9.59 Å². The van der Waals surface area contributed by atoms with Gasteiger partial charge in [-0.1, -0.05) is 56.6 Å².